The van der Waals surface area contributed by atoms with Crippen LogP contribution in [0, 0.1) is 6.92 Å². The summed E-state index contributed by atoms with van der Waals surface area (Å²) in [7, 11) is 1.55. The fraction of sp³-hybridized carbons (Fsp3) is 0.214. The maximum absolute atomic E-state index is 10.9. The molecule has 0 atom stereocenters. The first-order chi connectivity index (χ1) is 9.10. The Bertz CT molecular complexity index is 592. The lowest BCUT2D eigenvalue weighted by molar-refractivity contribution is -0.255. The Morgan fingerprint density at radius 2 is 2.16 bits per heavy atom. The van der Waals surface area contributed by atoms with Gasteiger partial charge in [0.05, 0.1) is 18.8 Å². The largest absolute Gasteiger partial charge is 0.545 e. The number of aromatic carboxylic acids is 1. The Labute approximate surface area is 115 Å². The third-order valence-corrected chi connectivity index (χ3v) is 3.68. The van der Waals surface area contributed by atoms with E-state index in [9.17, 15) is 9.90 Å². The van der Waals surface area contributed by atoms with E-state index in [4.69, 9.17) is 4.74 Å². The highest BCUT2D eigenvalue weighted by molar-refractivity contribution is 7.11. The summed E-state index contributed by atoms with van der Waals surface area (Å²) in [5, 5.41) is 14.0. The number of carboxylic acids is 1. The number of carboxylic acid groups (broad SMARTS) is 1. The first-order valence-electron chi connectivity index (χ1n) is 5.78. The van der Waals surface area contributed by atoms with Crippen LogP contribution in [0.4, 0.5) is 5.69 Å². The molecular formula is C14H14NO3S-. The summed E-state index contributed by atoms with van der Waals surface area (Å²) in [5.74, 6) is -0.587. The Hall–Kier alpha value is -2.01. The highest BCUT2D eigenvalue weighted by atomic mass is 32.1. The average Bonchev–Trinajstić information content (AvgIpc) is 2.81. The topological polar surface area (TPSA) is 61.4 Å². The third kappa shape index (κ3) is 3.26. The molecule has 100 valence electrons. The van der Waals surface area contributed by atoms with E-state index in [1.54, 1.807) is 24.5 Å². The number of thiophene rings is 1. The number of nitrogens with one attached hydrogen (secondary N) is 1. The molecule has 4 nitrogen and oxygen atoms in total. The molecule has 0 saturated carbocycles. The fourth-order valence-electron chi connectivity index (χ4n) is 1.74. The van der Waals surface area contributed by atoms with E-state index in [0.29, 0.717) is 18.0 Å². The Kier molecular flexibility index (Phi) is 4.06. The molecule has 1 heterocycles. The Morgan fingerprint density at radius 1 is 1.37 bits per heavy atom. The van der Waals surface area contributed by atoms with E-state index in [2.05, 4.69) is 11.4 Å². The van der Waals surface area contributed by atoms with Crippen molar-refractivity contribution in [2.75, 3.05) is 12.4 Å². The highest BCUT2D eigenvalue weighted by Gasteiger charge is 2.05. The minimum atomic E-state index is -1.20. The molecule has 0 unspecified atom stereocenters. The number of hydrogen-bond acceptors (Lipinski definition) is 5. The average molecular weight is 276 g/mol. The van der Waals surface area contributed by atoms with Crippen LogP contribution in [0.5, 0.6) is 5.75 Å². The molecule has 0 spiro atoms. The van der Waals surface area contributed by atoms with E-state index in [-0.39, 0.29) is 5.56 Å². The van der Waals surface area contributed by atoms with Gasteiger partial charge in [-0.1, -0.05) is 0 Å². The van der Waals surface area contributed by atoms with Crippen LogP contribution in [0.1, 0.15) is 20.1 Å². The number of carbonyl (C=O) groups excluding carboxylic acids is 1. The molecule has 5 heteroatoms. The van der Waals surface area contributed by atoms with Crippen molar-refractivity contribution < 1.29 is 14.6 Å². The maximum atomic E-state index is 10.9. The third-order valence-electron chi connectivity index (χ3n) is 2.68. The lowest BCUT2D eigenvalue weighted by Gasteiger charge is -2.12. The molecule has 0 fully saturated rings. The molecule has 0 bridgehead atoms. The van der Waals surface area contributed by atoms with Crippen LogP contribution in [0.25, 0.3) is 0 Å². The molecule has 1 N–H and O–H groups in total. The van der Waals surface area contributed by atoms with Gasteiger partial charge in [0.15, 0.2) is 0 Å². The second-order valence-electron chi connectivity index (χ2n) is 4.07. The van der Waals surface area contributed by atoms with Gasteiger partial charge in [0.25, 0.3) is 0 Å². The van der Waals surface area contributed by atoms with Crippen molar-refractivity contribution in [2.24, 2.45) is 0 Å². The number of hydrogen-bond donors (Lipinski definition) is 1. The zero-order valence-electron chi connectivity index (χ0n) is 10.7. The van der Waals surface area contributed by atoms with Crippen LogP contribution in [0.3, 0.4) is 0 Å². The summed E-state index contributed by atoms with van der Waals surface area (Å²) in [6.45, 7) is 2.68. The quantitative estimate of drug-likeness (QED) is 0.907. The second-order valence-corrected chi connectivity index (χ2v) is 5.44. The number of anilines is 1. The summed E-state index contributed by atoms with van der Waals surface area (Å²) in [6.07, 6.45) is 0. The molecule has 1 aromatic carbocycles. The van der Waals surface area contributed by atoms with Crippen molar-refractivity contribution in [2.45, 2.75) is 13.5 Å². The lowest BCUT2D eigenvalue weighted by atomic mass is 10.2. The Morgan fingerprint density at radius 3 is 2.74 bits per heavy atom. The molecule has 0 aliphatic heterocycles. The molecule has 0 saturated heterocycles. The van der Waals surface area contributed by atoms with Gasteiger partial charge in [0.1, 0.15) is 5.75 Å². The van der Waals surface area contributed by atoms with Gasteiger partial charge < -0.3 is 20.0 Å². The molecule has 0 radical (unpaired) electrons. The van der Waals surface area contributed by atoms with Gasteiger partial charge in [-0.15, -0.1) is 11.3 Å². The highest BCUT2D eigenvalue weighted by Crippen LogP contribution is 2.26. The van der Waals surface area contributed by atoms with Crippen molar-refractivity contribution >= 4 is 23.0 Å². The van der Waals surface area contributed by atoms with Crippen LogP contribution >= 0.6 is 11.3 Å². The molecular weight excluding hydrogens is 262 g/mol. The molecule has 0 aliphatic rings. The van der Waals surface area contributed by atoms with Gasteiger partial charge in [-0.3, -0.25) is 0 Å². The van der Waals surface area contributed by atoms with E-state index >= 15 is 0 Å². The number of ether oxygens (including phenoxy) is 1. The fourth-order valence-corrected chi connectivity index (χ4v) is 2.57. The van der Waals surface area contributed by atoms with Crippen LogP contribution in [0.15, 0.2) is 30.3 Å². The minimum Gasteiger partial charge on any atom is -0.545 e. The molecule has 19 heavy (non-hydrogen) atoms. The zero-order valence-corrected chi connectivity index (χ0v) is 11.5. The first-order valence-corrected chi connectivity index (χ1v) is 6.60. The lowest BCUT2D eigenvalue weighted by Crippen LogP contribution is -2.22. The maximum Gasteiger partial charge on any atom is 0.142 e. The van der Waals surface area contributed by atoms with E-state index in [0.717, 1.165) is 0 Å². The first kappa shape index (κ1) is 13.4. The molecule has 0 aliphatic carbocycles. The predicted molar refractivity (Wildman–Crippen MR) is 73.7 cm³/mol. The SMILES string of the molecule is COc1ccc(C(=O)[O-])cc1NCc1ccc(C)s1. The summed E-state index contributed by atoms with van der Waals surface area (Å²) >= 11 is 1.70. The van der Waals surface area contributed by atoms with Gasteiger partial charge in [-0.25, -0.2) is 0 Å². The van der Waals surface area contributed by atoms with Gasteiger partial charge in [-0.2, -0.15) is 0 Å². The minimum absolute atomic E-state index is 0.130. The van der Waals surface area contributed by atoms with E-state index in [1.807, 2.05) is 13.0 Å². The Balaban J connectivity index is 2.17. The van der Waals surface area contributed by atoms with Gasteiger partial charge in [0, 0.05) is 16.3 Å². The number of carbonyl (C=O) groups is 1. The predicted octanol–water partition coefficient (Wildman–Crippen LogP) is 2.04. The van der Waals surface area contributed by atoms with E-state index in [1.165, 1.54) is 21.9 Å². The molecule has 2 aromatic rings. The molecule has 1 aromatic heterocycles. The number of aryl methyl sites for hydroxylation is 1. The number of methoxy groups -OCH3 is 1. The normalized spacial score (nSPS) is 10.2. The van der Waals surface area contributed by atoms with Crippen LogP contribution < -0.4 is 15.2 Å². The number of benzene rings is 1. The van der Waals surface area contributed by atoms with E-state index < -0.39 is 5.97 Å². The van der Waals surface area contributed by atoms with Crippen LogP contribution in [-0.4, -0.2) is 13.1 Å². The summed E-state index contributed by atoms with van der Waals surface area (Å²) in [6, 6.07) is 8.70. The van der Waals surface area contributed by atoms with Gasteiger partial charge in [-0.05, 0) is 42.8 Å². The molecule has 0 amide bonds. The molecule has 2 rings (SSSR count). The summed E-state index contributed by atoms with van der Waals surface area (Å²) < 4.78 is 5.20. The van der Waals surface area contributed by atoms with Crippen molar-refractivity contribution in [3.8, 4) is 5.75 Å². The summed E-state index contributed by atoms with van der Waals surface area (Å²) in [4.78, 5) is 13.3. The van der Waals surface area contributed by atoms with Crippen LogP contribution in [0.2, 0.25) is 0 Å². The van der Waals surface area contributed by atoms with Crippen molar-refractivity contribution in [1.29, 1.82) is 0 Å². The van der Waals surface area contributed by atoms with Gasteiger partial charge in [0.2, 0.25) is 0 Å². The van der Waals surface area contributed by atoms with Crippen molar-refractivity contribution in [1.82, 2.24) is 0 Å². The number of rotatable bonds is 5. The monoisotopic (exact) mass is 276 g/mol. The summed E-state index contributed by atoms with van der Waals surface area (Å²) in [5.41, 5.74) is 0.779. The smallest absolute Gasteiger partial charge is 0.142 e. The standard InChI is InChI=1S/C14H15NO3S/c1-9-3-5-11(19-9)8-15-12-7-10(14(16)17)4-6-13(12)18-2/h3-7,15H,8H2,1-2H3,(H,16,17)/p-1. The van der Waals surface area contributed by atoms with Crippen LogP contribution in [-0.2, 0) is 6.54 Å². The zero-order chi connectivity index (χ0) is 13.8. The van der Waals surface area contributed by atoms with Crippen molar-refractivity contribution in [3.05, 3.63) is 45.6 Å². The second kappa shape index (κ2) is 5.75. The van der Waals surface area contributed by atoms with Crippen molar-refractivity contribution in [3.63, 3.8) is 0 Å². The van der Waals surface area contributed by atoms with Gasteiger partial charge >= 0.3 is 0 Å².